The van der Waals surface area contributed by atoms with Crippen molar-refractivity contribution in [2.75, 3.05) is 19.6 Å². The molecule has 1 amide bonds. The molecule has 6 heteroatoms. The highest BCUT2D eigenvalue weighted by atomic mass is 19.4. The molecular formula is C15H19F3N2O. The summed E-state index contributed by atoms with van der Waals surface area (Å²) in [7, 11) is 0. The third kappa shape index (κ3) is 4.20. The third-order valence-electron chi connectivity index (χ3n) is 3.74. The highest BCUT2D eigenvalue weighted by molar-refractivity contribution is 5.95. The van der Waals surface area contributed by atoms with Crippen LogP contribution >= 0.6 is 0 Å². The lowest BCUT2D eigenvalue weighted by Crippen LogP contribution is -2.49. The van der Waals surface area contributed by atoms with Gasteiger partial charge in [0.25, 0.3) is 5.91 Å². The van der Waals surface area contributed by atoms with Crippen molar-refractivity contribution in [1.29, 1.82) is 0 Å². The molecule has 2 rings (SSSR count). The lowest BCUT2D eigenvalue weighted by molar-refractivity contribution is -0.145. The van der Waals surface area contributed by atoms with E-state index in [9.17, 15) is 18.0 Å². The first-order valence-electron chi connectivity index (χ1n) is 7.02. The Bertz CT molecular complexity index is 496. The first-order valence-corrected chi connectivity index (χ1v) is 7.02. The molecule has 1 saturated heterocycles. The predicted molar refractivity (Wildman–Crippen MR) is 74.2 cm³/mol. The van der Waals surface area contributed by atoms with E-state index in [4.69, 9.17) is 0 Å². The summed E-state index contributed by atoms with van der Waals surface area (Å²) in [5.41, 5.74) is 1.05. The molecule has 1 aliphatic rings. The zero-order chi connectivity index (χ0) is 15.5. The lowest BCUT2D eigenvalue weighted by Gasteiger charge is -2.35. The second-order valence-corrected chi connectivity index (χ2v) is 5.34. The summed E-state index contributed by atoms with van der Waals surface area (Å²) in [6, 6.07) is 6.41. The Hall–Kier alpha value is -1.56. The molecular weight excluding hydrogens is 281 g/mol. The molecule has 0 spiro atoms. The standard InChI is InChI=1S/C15H19F3N2O/c1-11-4-2-3-5-13(11)14(21)20(10-15(16,17)18)12-6-8-19-9-7-12/h2-5,12,19H,6-10H2,1H3. The number of alkyl halides is 3. The summed E-state index contributed by atoms with van der Waals surface area (Å²) in [5.74, 6) is -0.530. The van der Waals surface area contributed by atoms with Crippen LogP contribution in [0.5, 0.6) is 0 Å². The van der Waals surface area contributed by atoms with Crippen molar-refractivity contribution < 1.29 is 18.0 Å². The quantitative estimate of drug-likeness (QED) is 0.931. The number of carbonyl (C=O) groups excluding carboxylic acids is 1. The van der Waals surface area contributed by atoms with Gasteiger partial charge in [0, 0.05) is 11.6 Å². The number of nitrogens with zero attached hydrogens (tertiary/aromatic N) is 1. The minimum atomic E-state index is -4.39. The predicted octanol–water partition coefficient (Wildman–Crippen LogP) is 2.75. The van der Waals surface area contributed by atoms with Crippen molar-refractivity contribution in [2.24, 2.45) is 0 Å². The van der Waals surface area contributed by atoms with Crippen LogP contribution in [0.3, 0.4) is 0 Å². The molecule has 21 heavy (non-hydrogen) atoms. The van der Waals surface area contributed by atoms with E-state index < -0.39 is 18.6 Å². The molecule has 1 aromatic rings. The van der Waals surface area contributed by atoms with Gasteiger partial charge in [0.15, 0.2) is 0 Å². The Balaban J connectivity index is 2.25. The summed E-state index contributed by atoms with van der Waals surface area (Å²) in [6.45, 7) is 1.83. The number of aryl methyl sites for hydroxylation is 1. The third-order valence-corrected chi connectivity index (χ3v) is 3.74. The van der Waals surface area contributed by atoms with Gasteiger partial charge >= 0.3 is 6.18 Å². The molecule has 116 valence electrons. The SMILES string of the molecule is Cc1ccccc1C(=O)N(CC(F)(F)F)C1CCNCC1. The van der Waals surface area contributed by atoms with Crippen LogP contribution in [0.2, 0.25) is 0 Å². The lowest BCUT2D eigenvalue weighted by atomic mass is 10.0. The van der Waals surface area contributed by atoms with E-state index in [0.29, 0.717) is 37.1 Å². The molecule has 0 radical (unpaired) electrons. The number of rotatable bonds is 3. The Morgan fingerprint density at radius 2 is 1.90 bits per heavy atom. The Labute approximate surface area is 122 Å². The minimum Gasteiger partial charge on any atom is -0.326 e. The summed E-state index contributed by atoms with van der Waals surface area (Å²) in [4.78, 5) is 13.5. The summed E-state index contributed by atoms with van der Waals surface area (Å²) < 4.78 is 38.5. The van der Waals surface area contributed by atoms with Crippen LogP contribution < -0.4 is 5.32 Å². The van der Waals surface area contributed by atoms with Crippen LogP contribution in [0.15, 0.2) is 24.3 Å². The molecule has 0 atom stereocenters. The average molecular weight is 300 g/mol. The normalized spacial score (nSPS) is 16.8. The molecule has 1 aromatic carbocycles. The van der Waals surface area contributed by atoms with Crippen molar-refractivity contribution in [3.8, 4) is 0 Å². The molecule has 1 heterocycles. The van der Waals surface area contributed by atoms with Gasteiger partial charge in [-0.1, -0.05) is 18.2 Å². The number of piperidine rings is 1. The maximum Gasteiger partial charge on any atom is 0.406 e. The fraction of sp³-hybridized carbons (Fsp3) is 0.533. The fourth-order valence-electron chi connectivity index (χ4n) is 2.65. The smallest absolute Gasteiger partial charge is 0.326 e. The van der Waals surface area contributed by atoms with Gasteiger partial charge < -0.3 is 10.2 Å². The van der Waals surface area contributed by atoms with Gasteiger partial charge in [0.05, 0.1) is 0 Å². The number of nitrogens with one attached hydrogen (secondary N) is 1. The van der Waals surface area contributed by atoms with Crippen molar-refractivity contribution >= 4 is 5.91 Å². The first-order chi connectivity index (χ1) is 9.88. The molecule has 0 aliphatic carbocycles. The van der Waals surface area contributed by atoms with E-state index in [0.717, 1.165) is 4.90 Å². The number of hydrogen-bond acceptors (Lipinski definition) is 2. The van der Waals surface area contributed by atoms with Crippen LogP contribution in [0.25, 0.3) is 0 Å². The highest BCUT2D eigenvalue weighted by Gasteiger charge is 2.37. The molecule has 0 aromatic heterocycles. The van der Waals surface area contributed by atoms with Crippen LogP contribution in [0, 0.1) is 6.92 Å². The van der Waals surface area contributed by atoms with Gasteiger partial charge in [-0.25, -0.2) is 0 Å². The number of benzene rings is 1. The molecule has 1 aliphatic heterocycles. The fourth-order valence-corrected chi connectivity index (χ4v) is 2.65. The highest BCUT2D eigenvalue weighted by Crippen LogP contribution is 2.24. The summed E-state index contributed by atoms with van der Waals surface area (Å²) in [5, 5.41) is 3.10. The number of halogens is 3. The zero-order valence-corrected chi connectivity index (χ0v) is 11.9. The van der Waals surface area contributed by atoms with Crippen molar-refractivity contribution in [3.05, 3.63) is 35.4 Å². The molecule has 0 saturated carbocycles. The van der Waals surface area contributed by atoms with Gasteiger partial charge in [-0.15, -0.1) is 0 Å². The molecule has 1 N–H and O–H groups in total. The van der Waals surface area contributed by atoms with E-state index in [1.54, 1.807) is 31.2 Å². The van der Waals surface area contributed by atoms with E-state index >= 15 is 0 Å². The Kier molecular flexibility index (Phi) is 4.88. The second kappa shape index (κ2) is 6.47. The molecule has 3 nitrogen and oxygen atoms in total. The molecule has 0 unspecified atom stereocenters. The van der Waals surface area contributed by atoms with Gasteiger partial charge in [0.1, 0.15) is 6.54 Å². The summed E-state index contributed by atoms with van der Waals surface area (Å²) in [6.07, 6.45) is -3.29. The summed E-state index contributed by atoms with van der Waals surface area (Å²) >= 11 is 0. The maximum atomic E-state index is 12.8. The monoisotopic (exact) mass is 300 g/mol. The van der Waals surface area contributed by atoms with E-state index in [1.807, 2.05) is 0 Å². The number of carbonyl (C=O) groups is 1. The van der Waals surface area contributed by atoms with Crippen molar-refractivity contribution in [3.63, 3.8) is 0 Å². The molecule has 0 bridgehead atoms. The van der Waals surface area contributed by atoms with Gasteiger partial charge in [0.2, 0.25) is 0 Å². The first kappa shape index (κ1) is 15.8. The number of amides is 1. The maximum absolute atomic E-state index is 12.8. The largest absolute Gasteiger partial charge is 0.406 e. The second-order valence-electron chi connectivity index (χ2n) is 5.34. The minimum absolute atomic E-state index is 0.347. The Morgan fingerprint density at radius 1 is 1.29 bits per heavy atom. The van der Waals surface area contributed by atoms with Gasteiger partial charge in [-0.3, -0.25) is 4.79 Å². The Morgan fingerprint density at radius 3 is 2.48 bits per heavy atom. The van der Waals surface area contributed by atoms with E-state index in [1.165, 1.54) is 0 Å². The zero-order valence-electron chi connectivity index (χ0n) is 11.9. The van der Waals surface area contributed by atoms with Gasteiger partial charge in [-0.05, 0) is 44.5 Å². The topological polar surface area (TPSA) is 32.3 Å². The van der Waals surface area contributed by atoms with Crippen molar-refractivity contribution in [1.82, 2.24) is 10.2 Å². The van der Waals surface area contributed by atoms with E-state index in [2.05, 4.69) is 5.32 Å². The van der Waals surface area contributed by atoms with Crippen LogP contribution in [0.4, 0.5) is 13.2 Å². The van der Waals surface area contributed by atoms with Crippen LogP contribution in [-0.2, 0) is 0 Å². The van der Waals surface area contributed by atoms with E-state index in [-0.39, 0.29) is 6.04 Å². The van der Waals surface area contributed by atoms with Crippen LogP contribution in [0.1, 0.15) is 28.8 Å². The van der Waals surface area contributed by atoms with Gasteiger partial charge in [-0.2, -0.15) is 13.2 Å². The molecule has 1 fully saturated rings. The average Bonchev–Trinajstić information content (AvgIpc) is 2.45. The van der Waals surface area contributed by atoms with Crippen molar-refractivity contribution in [2.45, 2.75) is 32.0 Å². The number of hydrogen-bond donors (Lipinski definition) is 1. The van der Waals surface area contributed by atoms with Crippen LogP contribution in [-0.4, -0.2) is 42.7 Å².